The third kappa shape index (κ3) is 4.41. The summed E-state index contributed by atoms with van der Waals surface area (Å²) in [4.78, 5) is 22.1. The number of benzene rings is 1. The van der Waals surface area contributed by atoms with E-state index in [-0.39, 0.29) is 19.2 Å². The van der Waals surface area contributed by atoms with E-state index in [4.69, 9.17) is 9.47 Å². The second-order valence-corrected chi connectivity index (χ2v) is 3.91. The fourth-order valence-electron chi connectivity index (χ4n) is 1.28. The van der Waals surface area contributed by atoms with Gasteiger partial charge < -0.3 is 9.47 Å². The van der Waals surface area contributed by atoms with Gasteiger partial charge in [-0.15, -0.1) is 0 Å². The van der Waals surface area contributed by atoms with Crippen LogP contribution in [0.15, 0.2) is 36.4 Å². The van der Waals surface area contributed by atoms with Crippen LogP contribution in [0.2, 0.25) is 0 Å². The lowest BCUT2D eigenvalue weighted by atomic mass is 10.1. The van der Waals surface area contributed by atoms with Crippen LogP contribution in [0.5, 0.6) is 0 Å². The van der Waals surface area contributed by atoms with Crippen LogP contribution < -0.4 is 0 Å². The SMILES string of the molecule is C=C(C)C(=O)OCc1ccccc1COC(C)=O. The largest absolute Gasteiger partial charge is 0.461 e. The lowest BCUT2D eigenvalue weighted by molar-refractivity contribution is -0.143. The van der Waals surface area contributed by atoms with Gasteiger partial charge in [0, 0.05) is 12.5 Å². The van der Waals surface area contributed by atoms with Crippen molar-refractivity contribution in [2.24, 2.45) is 0 Å². The maximum Gasteiger partial charge on any atom is 0.333 e. The predicted octanol–water partition coefficient (Wildman–Crippen LogP) is 2.37. The molecule has 18 heavy (non-hydrogen) atoms. The van der Waals surface area contributed by atoms with E-state index >= 15 is 0 Å². The van der Waals surface area contributed by atoms with E-state index in [9.17, 15) is 9.59 Å². The Balaban J connectivity index is 2.67. The van der Waals surface area contributed by atoms with Crippen LogP contribution in [0, 0.1) is 0 Å². The Morgan fingerprint density at radius 2 is 1.56 bits per heavy atom. The zero-order chi connectivity index (χ0) is 13.5. The highest BCUT2D eigenvalue weighted by Crippen LogP contribution is 2.12. The molecular weight excluding hydrogens is 232 g/mol. The first-order chi connectivity index (χ1) is 8.50. The summed E-state index contributed by atoms with van der Waals surface area (Å²) < 4.78 is 9.98. The summed E-state index contributed by atoms with van der Waals surface area (Å²) in [5.74, 6) is -0.777. The van der Waals surface area contributed by atoms with Crippen molar-refractivity contribution in [2.45, 2.75) is 27.1 Å². The second-order valence-electron chi connectivity index (χ2n) is 3.91. The van der Waals surface area contributed by atoms with Gasteiger partial charge in [0.15, 0.2) is 0 Å². The average Bonchev–Trinajstić information content (AvgIpc) is 2.34. The first-order valence-corrected chi connectivity index (χ1v) is 5.53. The number of carbonyl (C=O) groups excluding carboxylic acids is 2. The zero-order valence-electron chi connectivity index (χ0n) is 10.6. The van der Waals surface area contributed by atoms with Gasteiger partial charge in [-0.25, -0.2) is 4.79 Å². The quantitative estimate of drug-likeness (QED) is 0.593. The molecule has 0 saturated heterocycles. The number of rotatable bonds is 5. The van der Waals surface area contributed by atoms with Crippen LogP contribution in [0.1, 0.15) is 25.0 Å². The molecule has 1 aromatic carbocycles. The number of hydrogen-bond donors (Lipinski definition) is 0. The van der Waals surface area contributed by atoms with Crippen molar-refractivity contribution >= 4 is 11.9 Å². The third-order valence-electron chi connectivity index (χ3n) is 2.26. The summed E-state index contributed by atoms with van der Waals surface area (Å²) in [6.45, 7) is 6.77. The van der Waals surface area contributed by atoms with Crippen molar-refractivity contribution in [3.05, 3.63) is 47.5 Å². The molecule has 0 saturated carbocycles. The van der Waals surface area contributed by atoms with Crippen molar-refractivity contribution in [1.29, 1.82) is 0 Å². The minimum atomic E-state index is -0.433. The molecule has 0 aliphatic rings. The Kier molecular flexibility index (Phi) is 5.11. The molecule has 0 aliphatic heterocycles. The fraction of sp³-hybridized carbons (Fsp3) is 0.286. The summed E-state index contributed by atoms with van der Waals surface area (Å²) in [6.07, 6.45) is 0. The van der Waals surface area contributed by atoms with E-state index < -0.39 is 5.97 Å². The van der Waals surface area contributed by atoms with E-state index in [2.05, 4.69) is 6.58 Å². The van der Waals surface area contributed by atoms with Gasteiger partial charge >= 0.3 is 11.9 Å². The monoisotopic (exact) mass is 248 g/mol. The molecule has 0 heterocycles. The molecule has 1 rings (SSSR count). The topological polar surface area (TPSA) is 52.6 Å². The minimum absolute atomic E-state index is 0.142. The van der Waals surface area contributed by atoms with Crippen LogP contribution in [-0.4, -0.2) is 11.9 Å². The lowest BCUT2D eigenvalue weighted by Gasteiger charge is -2.10. The minimum Gasteiger partial charge on any atom is -0.461 e. The van der Waals surface area contributed by atoms with Gasteiger partial charge in [-0.1, -0.05) is 30.8 Å². The Labute approximate surface area is 106 Å². The van der Waals surface area contributed by atoms with Crippen molar-refractivity contribution in [2.75, 3.05) is 0 Å². The molecule has 1 aromatic rings. The highest BCUT2D eigenvalue weighted by Gasteiger charge is 2.07. The van der Waals surface area contributed by atoms with Gasteiger partial charge in [-0.05, 0) is 18.1 Å². The summed E-state index contributed by atoms with van der Waals surface area (Å²) in [7, 11) is 0. The Morgan fingerprint density at radius 1 is 1.06 bits per heavy atom. The standard InChI is InChI=1S/C14H16O4/c1-10(2)14(16)18-9-13-7-5-4-6-12(13)8-17-11(3)15/h4-7H,1,8-9H2,2-3H3. The third-order valence-corrected chi connectivity index (χ3v) is 2.26. The molecule has 96 valence electrons. The van der Waals surface area contributed by atoms with Crippen LogP contribution in [0.3, 0.4) is 0 Å². The number of carbonyl (C=O) groups is 2. The number of esters is 2. The Hall–Kier alpha value is -2.10. The summed E-state index contributed by atoms with van der Waals surface area (Å²) in [5, 5.41) is 0. The van der Waals surface area contributed by atoms with E-state index in [1.165, 1.54) is 6.92 Å². The maximum absolute atomic E-state index is 11.3. The Morgan fingerprint density at radius 3 is 2.00 bits per heavy atom. The van der Waals surface area contributed by atoms with E-state index in [0.717, 1.165) is 11.1 Å². The Bertz CT molecular complexity index is 463. The highest BCUT2D eigenvalue weighted by atomic mass is 16.5. The molecule has 0 unspecified atom stereocenters. The van der Waals surface area contributed by atoms with Crippen molar-refractivity contribution in [3.8, 4) is 0 Å². The van der Waals surface area contributed by atoms with Crippen molar-refractivity contribution in [1.82, 2.24) is 0 Å². The van der Waals surface area contributed by atoms with Crippen LogP contribution in [-0.2, 0) is 32.3 Å². The summed E-state index contributed by atoms with van der Waals surface area (Å²) >= 11 is 0. The smallest absolute Gasteiger partial charge is 0.333 e. The predicted molar refractivity (Wildman–Crippen MR) is 66.5 cm³/mol. The van der Waals surface area contributed by atoms with E-state index in [1.54, 1.807) is 6.92 Å². The molecule has 0 amide bonds. The van der Waals surface area contributed by atoms with Crippen LogP contribution in [0.25, 0.3) is 0 Å². The maximum atomic E-state index is 11.3. The highest BCUT2D eigenvalue weighted by molar-refractivity contribution is 5.86. The van der Waals surface area contributed by atoms with Gasteiger partial charge in [0.2, 0.25) is 0 Å². The van der Waals surface area contributed by atoms with Gasteiger partial charge in [-0.2, -0.15) is 0 Å². The molecule has 0 spiro atoms. The first kappa shape index (κ1) is 14.0. The van der Waals surface area contributed by atoms with Crippen molar-refractivity contribution < 1.29 is 19.1 Å². The second kappa shape index (κ2) is 6.59. The number of ether oxygens (including phenoxy) is 2. The molecule has 4 nitrogen and oxygen atoms in total. The number of hydrogen-bond acceptors (Lipinski definition) is 4. The van der Waals surface area contributed by atoms with E-state index in [1.807, 2.05) is 24.3 Å². The van der Waals surface area contributed by atoms with Gasteiger partial charge in [0.05, 0.1) is 0 Å². The average molecular weight is 248 g/mol. The molecule has 4 heteroatoms. The lowest BCUT2D eigenvalue weighted by Crippen LogP contribution is -2.07. The normalized spacial score (nSPS) is 9.67. The van der Waals surface area contributed by atoms with E-state index in [0.29, 0.717) is 5.57 Å². The van der Waals surface area contributed by atoms with Gasteiger partial charge in [0.25, 0.3) is 0 Å². The first-order valence-electron chi connectivity index (χ1n) is 5.53. The zero-order valence-corrected chi connectivity index (χ0v) is 10.6. The molecule has 0 atom stereocenters. The van der Waals surface area contributed by atoms with Crippen LogP contribution >= 0.6 is 0 Å². The summed E-state index contributed by atoms with van der Waals surface area (Å²) in [5.41, 5.74) is 1.99. The molecule has 0 fully saturated rings. The molecule has 0 bridgehead atoms. The molecule has 0 aliphatic carbocycles. The molecule has 0 radical (unpaired) electrons. The molecular formula is C14H16O4. The molecule has 0 aromatic heterocycles. The summed E-state index contributed by atoms with van der Waals surface area (Å²) in [6, 6.07) is 7.32. The fourth-order valence-corrected chi connectivity index (χ4v) is 1.28. The molecule has 0 N–H and O–H groups in total. The van der Waals surface area contributed by atoms with Crippen molar-refractivity contribution in [3.63, 3.8) is 0 Å². The van der Waals surface area contributed by atoms with Gasteiger partial charge in [0.1, 0.15) is 13.2 Å². The van der Waals surface area contributed by atoms with Gasteiger partial charge in [-0.3, -0.25) is 4.79 Å². The van der Waals surface area contributed by atoms with Crippen LogP contribution in [0.4, 0.5) is 0 Å².